The van der Waals surface area contributed by atoms with Gasteiger partial charge in [0.05, 0.1) is 0 Å². The molecule has 1 aliphatic rings. The average molecular weight is 150 g/mol. The van der Waals surface area contributed by atoms with Crippen LogP contribution < -0.4 is 5.32 Å². The van der Waals surface area contributed by atoms with Gasteiger partial charge in [-0.2, -0.15) is 0 Å². The summed E-state index contributed by atoms with van der Waals surface area (Å²) in [6, 6.07) is 0. The molecule has 1 N–H and O–H groups in total. The molecule has 0 aromatic carbocycles. The Morgan fingerprint density at radius 1 is 1.27 bits per heavy atom. The highest BCUT2D eigenvalue weighted by molar-refractivity contribution is 5.36. The molecule has 0 aromatic rings. The Labute approximate surface area is 67.9 Å². The summed E-state index contributed by atoms with van der Waals surface area (Å²) < 4.78 is 0. The van der Waals surface area contributed by atoms with Crippen LogP contribution in [-0.2, 0) is 0 Å². The van der Waals surface area contributed by atoms with Crippen LogP contribution in [0, 0.1) is 0 Å². The Morgan fingerprint density at radius 3 is 2.36 bits per heavy atom. The van der Waals surface area contributed by atoms with E-state index in [2.05, 4.69) is 25.4 Å². The van der Waals surface area contributed by atoms with Gasteiger partial charge in [-0.05, 0) is 19.4 Å². The van der Waals surface area contributed by atoms with Crippen molar-refractivity contribution in [1.82, 2.24) is 10.2 Å². The topological polar surface area (TPSA) is 15.3 Å². The molecule has 0 amide bonds. The summed E-state index contributed by atoms with van der Waals surface area (Å²) in [5, 5.41) is 3.09. The van der Waals surface area contributed by atoms with Crippen LogP contribution in [0.2, 0.25) is 0 Å². The highest BCUT2D eigenvalue weighted by Gasteiger charge is 2.14. The second-order valence-corrected chi connectivity index (χ2v) is 2.82. The summed E-state index contributed by atoms with van der Waals surface area (Å²) >= 11 is 0. The fourth-order valence-corrected chi connectivity index (χ4v) is 1.02. The van der Waals surface area contributed by atoms with Crippen molar-refractivity contribution in [2.24, 2.45) is 0 Å². The predicted octanol–water partition coefficient (Wildman–Crippen LogP) is 1.80. The monoisotopic (exact) mass is 150 g/mol. The van der Waals surface area contributed by atoms with E-state index in [-0.39, 0.29) is 0 Å². The third-order valence-corrected chi connectivity index (χ3v) is 2.20. The maximum Gasteiger partial charge on any atom is 0.102 e. The van der Waals surface area contributed by atoms with Gasteiger partial charge in [-0.25, -0.2) is 0 Å². The van der Waals surface area contributed by atoms with Crippen LogP contribution in [0.3, 0.4) is 0 Å². The van der Waals surface area contributed by atoms with Crippen LogP contribution in [0.25, 0.3) is 0 Å². The zero-order valence-corrected chi connectivity index (χ0v) is 7.36. The van der Waals surface area contributed by atoms with Crippen LogP contribution in [-0.4, -0.2) is 11.9 Å². The van der Waals surface area contributed by atoms with Crippen molar-refractivity contribution in [1.29, 1.82) is 0 Å². The van der Waals surface area contributed by atoms with Gasteiger partial charge in [-0.1, -0.05) is 13.2 Å². The van der Waals surface area contributed by atoms with Crippen molar-refractivity contribution in [2.45, 2.75) is 13.8 Å². The van der Waals surface area contributed by atoms with Gasteiger partial charge >= 0.3 is 0 Å². The number of hydrogen-bond acceptors (Lipinski definition) is 2. The van der Waals surface area contributed by atoms with Crippen LogP contribution in [0.1, 0.15) is 13.8 Å². The summed E-state index contributed by atoms with van der Waals surface area (Å²) in [6.45, 7) is 11.8. The SMILES string of the molecule is C=C1NC(=C)N(C)C(C)=C1C. The zero-order valence-electron chi connectivity index (χ0n) is 7.36. The molecule has 2 heteroatoms. The van der Waals surface area contributed by atoms with E-state index in [0.717, 1.165) is 11.5 Å². The molecule has 0 atom stereocenters. The molecular formula is C9H14N2. The first kappa shape index (κ1) is 7.92. The Bertz CT molecular complexity index is 248. The number of allylic oxidation sites excluding steroid dienone is 2. The van der Waals surface area contributed by atoms with E-state index in [1.165, 1.54) is 11.3 Å². The Morgan fingerprint density at radius 2 is 1.82 bits per heavy atom. The van der Waals surface area contributed by atoms with Crippen molar-refractivity contribution >= 4 is 0 Å². The van der Waals surface area contributed by atoms with Gasteiger partial charge in [-0.3, -0.25) is 0 Å². The lowest BCUT2D eigenvalue weighted by Gasteiger charge is -2.31. The fourth-order valence-electron chi connectivity index (χ4n) is 1.02. The third-order valence-electron chi connectivity index (χ3n) is 2.20. The van der Waals surface area contributed by atoms with Gasteiger partial charge in [0.2, 0.25) is 0 Å². The molecule has 2 nitrogen and oxygen atoms in total. The molecule has 11 heavy (non-hydrogen) atoms. The molecule has 0 saturated heterocycles. The molecular weight excluding hydrogens is 136 g/mol. The first-order valence-corrected chi connectivity index (χ1v) is 3.60. The molecule has 1 aliphatic heterocycles. The van der Waals surface area contributed by atoms with Gasteiger partial charge in [0, 0.05) is 18.4 Å². The van der Waals surface area contributed by atoms with E-state index >= 15 is 0 Å². The maximum absolute atomic E-state index is 3.87. The molecule has 0 saturated carbocycles. The normalized spacial score (nSPS) is 19.0. The molecule has 1 rings (SSSR count). The standard InChI is InChI=1S/C9H14N2/c1-6-7(2)10-9(4)11(5)8(6)3/h10H,2,4H2,1,3,5H3. The smallest absolute Gasteiger partial charge is 0.102 e. The Kier molecular flexibility index (Phi) is 1.77. The van der Waals surface area contributed by atoms with Crippen molar-refractivity contribution in [2.75, 3.05) is 7.05 Å². The van der Waals surface area contributed by atoms with Gasteiger partial charge < -0.3 is 10.2 Å². The van der Waals surface area contributed by atoms with Crippen LogP contribution in [0.5, 0.6) is 0 Å². The predicted molar refractivity (Wildman–Crippen MR) is 47.6 cm³/mol. The van der Waals surface area contributed by atoms with Crippen molar-refractivity contribution in [3.05, 3.63) is 35.9 Å². The molecule has 0 bridgehead atoms. The van der Waals surface area contributed by atoms with E-state index in [1.54, 1.807) is 0 Å². The van der Waals surface area contributed by atoms with Crippen LogP contribution in [0.15, 0.2) is 35.9 Å². The third kappa shape index (κ3) is 1.16. The Hall–Kier alpha value is -1.18. The second kappa shape index (κ2) is 2.46. The number of nitrogens with one attached hydrogen (secondary N) is 1. The van der Waals surface area contributed by atoms with E-state index in [4.69, 9.17) is 0 Å². The first-order valence-electron chi connectivity index (χ1n) is 3.60. The summed E-state index contributed by atoms with van der Waals surface area (Å²) in [5.74, 6) is 0.887. The molecule has 1 heterocycles. The summed E-state index contributed by atoms with van der Waals surface area (Å²) in [7, 11) is 1.99. The van der Waals surface area contributed by atoms with Crippen molar-refractivity contribution < 1.29 is 0 Å². The minimum Gasteiger partial charge on any atom is -0.342 e. The lowest BCUT2D eigenvalue weighted by molar-refractivity contribution is 0.465. The van der Waals surface area contributed by atoms with E-state index in [9.17, 15) is 0 Å². The Balaban J connectivity index is 3.08. The molecule has 0 spiro atoms. The van der Waals surface area contributed by atoms with E-state index in [1.807, 2.05) is 18.9 Å². The summed E-state index contributed by atoms with van der Waals surface area (Å²) in [6.07, 6.45) is 0. The summed E-state index contributed by atoms with van der Waals surface area (Å²) in [5.41, 5.74) is 3.35. The fraction of sp³-hybridized carbons (Fsp3) is 0.333. The molecule has 60 valence electrons. The van der Waals surface area contributed by atoms with Crippen LogP contribution >= 0.6 is 0 Å². The van der Waals surface area contributed by atoms with Crippen LogP contribution in [0.4, 0.5) is 0 Å². The number of nitrogens with zero attached hydrogens (tertiary/aromatic N) is 1. The highest BCUT2D eigenvalue weighted by Crippen LogP contribution is 2.21. The lowest BCUT2D eigenvalue weighted by atomic mass is 10.1. The highest BCUT2D eigenvalue weighted by atomic mass is 15.2. The van der Waals surface area contributed by atoms with Crippen molar-refractivity contribution in [3.8, 4) is 0 Å². The number of rotatable bonds is 0. The van der Waals surface area contributed by atoms with Gasteiger partial charge in [-0.15, -0.1) is 0 Å². The van der Waals surface area contributed by atoms with Gasteiger partial charge in [0.25, 0.3) is 0 Å². The average Bonchev–Trinajstić information content (AvgIpc) is 1.97. The maximum atomic E-state index is 3.87. The first-order chi connectivity index (χ1) is 5.04. The summed E-state index contributed by atoms with van der Waals surface area (Å²) in [4.78, 5) is 2.02. The van der Waals surface area contributed by atoms with Crippen molar-refractivity contribution in [3.63, 3.8) is 0 Å². The second-order valence-electron chi connectivity index (χ2n) is 2.82. The molecule has 0 radical (unpaired) electrons. The molecule has 0 aromatic heterocycles. The quantitative estimate of drug-likeness (QED) is 0.566. The zero-order chi connectivity index (χ0) is 8.59. The minimum atomic E-state index is 0.887. The van der Waals surface area contributed by atoms with Gasteiger partial charge in [0.1, 0.15) is 5.82 Å². The lowest BCUT2D eigenvalue weighted by Crippen LogP contribution is -2.32. The molecule has 0 fully saturated rings. The minimum absolute atomic E-state index is 0.887. The molecule has 0 unspecified atom stereocenters. The number of hydrogen-bond donors (Lipinski definition) is 1. The van der Waals surface area contributed by atoms with Gasteiger partial charge in [0.15, 0.2) is 0 Å². The van der Waals surface area contributed by atoms with E-state index in [0.29, 0.717) is 0 Å². The largest absolute Gasteiger partial charge is 0.342 e. The molecule has 0 aliphatic carbocycles. The van der Waals surface area contributed by atoms with E-state index < -0.39 is 0 Å².